The number of fused-ring (bicyclic) bond motifs is 3. The number of ether oxygens (including phenoxy) is 1. The van der Waals surface area contributed by atoms with Crippen LogP contribution in [-0.4, -0.2) is 17.1 Å². The Morgan fingerprint density at radius 3 is 2.94 bits per heavy atom. The lowest BCUT2D eigenvalue weighted by Crippen LogP contribution is -1.84. The van der Waals surface area contributed by atoms with Gasteiger partial charge in [-0.25, -0.2) is 4.98 Å². The second-order valence-electron chi connectivity index (χ2n) is 4.21. The molecular formula is C14H14N2OS. The third-order valence-electron chi connectivity index (χ3n) is 2.94. The molecule has 0 aliphatic rings. The first kappa shape index (κ1) is 11.4. The molecule has 2 heterocycles. The van der Waals surface area contributed by atoms with Gasteiger partial charge in [-0.15, -0.1) is 11.3 Å². The molecule has 0 fully saturated rings. The molecule has 3 nitrogen and oxygen atoms in total. The molecular weight excluding hydrogens is 244 g/mol. The van der Waals surface area contributed by atoms with E-state index in [1.165, 1.54) is 9.71 Å². The molecule has 0 radical (unpaired) electrons. The third-order valence-corrected chi connectivity index (χ3v) is 4.10. The van der Waals surface area contributed by atoms with Crippen molar-refractivity contribution in [1.29, 1.82) is 0 Å². The minimum atomic E-state index is 0.840. The number of thiazole rings is 1. The van der Waals surface area contributed by atoms with E-state index >= 15 is 0 Å². The molecule has 0 spiro atoms. The van der Waals surface area contributed by atoms with Gasteiger partial charge >= 0.3 is 0 Å². The van der Waals surface area contributed by atoms with Crippen molar-refractivity contribution >= 4 is 32.5 Å². The van der Waals surface area contributed by atoms with Gasteiger partial charge in [-0.1, -0.05) is 6.92 Å². The maximum Gasteiger partial charge on any atom is 0.121 e. The summed E-state index contributed by atoms with van der Waals surface area (Å²) >= 11 is 1.77. The summed E-state index contributed by atoms with van der Waals surface area (Å²) in [5.74, 6) is 0.840. The molecule has 3 aromatic rings. The van der Waals surface area contributed by atoms with Gasteiger partial charge in [-0.3, -0.25) is 4.98 Å². The van der Waals surface area contributed by atoms with Gasteiger partial charge in [0.25, 0.3) is 0 Å². The van der Waals surface area contributed by atoms with Crippen LogP contribution in [0.1, 0.15) is 18.4 Å². The predicted molar refractivity (Wildman–Crippen MR) is 75.5 cm³/mol. The van der Waals surface area contributed by atoms with Crippen LogP contribution >= 0.6 is 11.3 Å². The highest BCUT2D eigenvalue weighted by Crippen LogP contribution is 2.31. The fourth-order valence-electron chi connectivity index (χ4n) is 2.05. The molecule has 0 bridgehead atoms. The van der Waals surface area contributed by atoms with E-state index in [4.69, 9.17) is 4.74 Å². The van der Waals surface area contributed by atoms with Crippen molar-refractivity contribution in [2.45, 2.75) is 19.8 Å². The molecule has 0 unspecified atom stereocenters. The maximum atomic E-state index is 5.23. The Hall–Kier alpha value is -1.68. The van der Waals surface area contributed by atoms with E-state index in [1.807, 2.05) is 18.3 Å². The van der Waals surface area contributed by atoms with Crippen LogP contribution in [0.5, 0.6) is 5.75 Å². The Bertz CT molecular complexity index is 705. The Kier molecular flexibility index (Phi) is 2.88. The fourth-order valence-corrected chi connectivity index (χ4v) is 3.22. The molecule has 18 heavy (non-hydrogen) atoms. The van der Waals surface area contributed by atoms with E-state index in [2.05, 4.69) is 23.0 Å². The molecule has 0 aliphatic heterocycles. The zero-order valence-electron chi connectivity index (χ0n) is 10.4. The Morgan fingerprint density at radius 1 is 1.28 bits per heavy atom. The van der Waals surface area contributed by atoms with Crippen LogP contribution in [0.4, 0.5) is 0 Å². The molecule has 3 rings (SSSR count). The van der Waals surface area contributed by atoms with Crippen molar-refractivity contribution in [3.63, 3.8) is 0 Å². The van der Waals surface area contributed by atoms with Gasteiger partial charge < -0.3 is 4.74 Å². The van der Waals surface area contributed by atoms with Crippen molar-refractivity contribution in [3.8, 4) is 5.75 Å². The quantitative estimate of drug-likeness (QED) is 0.716. The summed E-state index contributed by atoms with van der Waals surface area (Å²) in [6.07, 6.45) is 4.02. The lowest BCUT2D eigenvalue weighted by atomic mass is 10.2. The number of hydrogen-bond donors (Lipinski definition) is 0. The van der Waals surface area contributed by atoms with E-state index in [0.717, 1.165) is 35.0 Å². The first-order valence-corrected chi connectivity index (χ1v) is 6.85. The molecule has 92 valence electrons. The molecule has 0 saturated carbocycles. The van der Waals surface area contributed by atoms with Crippen LogP contribution in [0.2, 0.25) is 0 Å². The number of hydrogen-bond acceptors (Lipinski definition) is 4. The minimum Gasteiger partial charge on any atom is -0.497 e. The van der Waals surface area contributed by atoms with Crippen LogP contribution in [0.3, 0.4) is 0 Å². The average molecular weight is 258 g/mol. The van der Waals surface area contributed by atoms with Gasteiger partial charge in [0.1, 0.15) is 11.3 Å². The van der Waals surface area contributed by atoms with Crippen LogP contribution in [0.15, 0.2) is 24.4 Å². The van der Waals surface area contributed by atoms with Crippen molar-refractivity contribution < 1.29 is 4.74 Å². The lowest BCUT2D eigenvalue weighted by molar-refractivity contribution is 0.415. The topological polar surface area (TPSA) is 35.0 Å². The second-order valence-corrected chi connectivity index (χ2v) is 5.30. The minimum absolute atomic E-state index is 0.840. The molecule has 2 aromatic heterocycles. The summed E-state index contributed by atoms with van der Waals surface area (Å²) in [5.41, 5.74) is 1.97. The SMILES string of the molecule is CCCc1nc2cnc3cc(OC)ccc3c2s1. The fraction of sp³-hybridized carbons (Fsp3) is 0.286. The summed E-state index contributed by atoms with van der Waals surface area (Å²) < 4.78 is 6.45. The molecule has 0 aliphatic carbocycles. The van der Waals surface area contributed by atoms with E-state index in [1.54, 1.807) is 18.4 Å². The van der Waals surface area contributed by atoms with Crippen LogP contribution in [0, 0.1) is 0 Å². The number of pyridine rings is 1. The van der Waals surface area contributed by atoms with E-state index in [-0.39, 0.29) is 0 Å². The first-order valence-electron chi connectivity index (χ1n) is 6.04. The van der Waals surface area contributed by atoms with Gasteiger partial charge in [0.2, 0.25) is 0 Å². The van der Waals surface area contributed by atoms with Gasteiger partial charge in [-0.05, 0) is 25.0 Å². The lowest BCUT2D eigenvalue weighted by Gasteiger charge is -2.01. The number of methoxy groups -OCH3 is 1. The van der Waals surface area contributed by atoms with Crippen molar-refractivity contribution in [2.75, 3.05) is 7.11 Å². The molecule has 0 saturated heterocycles. The molecule has 1 aromatic carbocycles. The summed E-state index contributed by atoms with van der Waals surface area (Å²) in [6, 6.07) is 6.01. The standard InChI is InChI=1S/C14H14N2OS/c1-3-4-13-16-12-8-15-11-7-9(17-2)5-6-10(11)14(12)18-13/h5-8H,3-4H2,1-2H3. The van der Waals surface area contributed by atoms with Gasteiger partial charge in [0.15, 0.2) is 0 Å². The van der Waals surface area contributed by atoms with E-state index < -0.39 is 0 Å². The number of aryl methyl sites for hydroxylation is 1. The van der Waals surface area contributed by atoms with Gasteiger partial charge in [0.05, 0.1) is 28.5 Å². The number of benzene rings is 1. The van der Waals surface area contributed by atoms with E-state index in [0.29, 0.717) is 0 Å². The monoisotopic (exact) mass is 258 g/mol. The first-order chi connectivity index (χ1) is 8.81. The highest BCUT2D eigenvalue weighted by atomic mass is 32.1. The Morgan fingerprint density at radius 2 is 2.17 bits per heavy atom. The normalized spacial score (nSPS) is 11.2. The maximum absolute atomic E-state index is 5.23. The smallest absolute Gasteiger partial charge is 0.121 e. The molecule has 4 heteroatoms. The number of rotatable bonds is 3. The average Bonchev–Trinajstić information content (AvgIpc) is 2.81. The van der Waals surface area contributed by atoms with Crippen LogP contribution in [-0.2, 0) is 6.42 Å². The van der Waals surface area contributed by atoms with Crippen LogP contribution in [0.25, 0.3) is 21.1 Å². The zero-order chi connectivity index (χ0) is 12.5. The summed E-state index contributed by atoms with van der Waals surface area (Å²) in [7, 11) is 1.67. The highest BCUT2D eigenvalue weighted by Gasteiger charge is 2.08. The number of nitrogens with zero attached hydrogens (tertiary/aromatic N) is 2. The molecule has 0 atom stereocenters. The largest absolute Gasteiger partial charge is 0.497 e. The molecule has 0 N–H and O–H groups in total. The third kappa shape index (κ3) is 1.82. The van der Waals surface area contributed by atoms with E-state index in [9.17, 15) is 0 Å². The highest BCUT2D eigenvalue weighted by molar-refractivity contribution is 7.19. The van der Waals surface area contributed by atoms with Crippen molar-refractivity contribution in [2.24, 2.45) is 0 Å². The summed E-state index contributed by atoms with van der Waals surface area (Å²) in [6.45, 7) is 2.17. The summed E-state index contributed by atoms with van der Waals surface area (Å²) in [4.78, 5) is 9.08. The molecule has 0 amide bonds. The van der Waals surface area contributed by atoms with Gasteiger partial charge in [0, 0.05) is 11.5 Å². The predicted octanol–water partition coefficient (Wildman–Crippen LogP) is 3.81. The van der Waals surface area contributed by atoms with Crippen molar-refractivity contribution in [3.05, 3.63) is 29.4 Å². The van der Waals surface area contributed by atoms with Crippen molar-refractivity contribution in [1.82, 2.24) is 9.97 Å². The Balaban J connectivity index is 2.24. The Labute approximate surface area is 109 Å². The van der Waals surface area contributed by atoms with Crippen LogP contribution < -0.4 is 4.74 Å². The van der Waals surface area contributed by atoms with Gasteiger partial charge in [-0.2, -0.15) is 0 Å². The number of aromatic nitrogens is 2. The second kappa shape index (κ2) is 4.53. The summed E-state index contributed by atoms with van der Waals surface area (Å²) in [5, 5.41) is 2.35. The zero-order valence-corrected chi connectivity index (χ0v) is 11.3.